The molecule has 0 radical (unpaired) electrons. The molecule has 0 saturated carbocycles. The van der Waals surface area contributed by atoms with Crippen LogP contribution in [0, 0.1) is 0 Å². The Labute approximate surface area is 61.8 Å². The van der Waals surface area contributed by atoms with E-state index in [1.54, 1.807) is 0 Å². The third-order valence-corrected chi connectivity index (χ3v) is 1.34. The van der Waals surface area contributed by atoms with Gasteiger partial charge in [-0.05, 0) is 15.9 Å². The van der Waals surface area contributed by atoms with Crippen molar-refractivity contribution >= 4 is 30.5 Å². The summed E-state index contributed by atoms with van der Waals surface area (Å²) in [5, 5.41) is 0.837. The lowest BCUT2D eigenvalue weighted by Gasteiger charge is -1.79. The first-order valence-electron chi connectivity index (χ1n) is 1.99. The van der Waals surface area contributed by atoms with Crippen molar-refractivity contribution in [2.45, 2.75) is 0 Å². The van der Waals surface area contributed by atoms with Crippen molar-refractivity contribution in [2.24, 2.45) is 0 Å². The van der Waals surface area contributed by atoms with Gasteiger partial charge in [0.2, 0.25) is 4.69 Å². The van der Waals surface area contributed by atoms with E-state index in [1.165, 1.54) is 0 Å². The number of carbonyl (C=O) groups excluding carboxylic acids is 1. The van der Waals surface area contributed by atoms with Crippen LogP contribution in [0.3, 0.4) is 0 Å². The molecule has 0 spiro atoms. The smallest absolute Gasteiger partial charge is 0.221 e. The molecule has 9 heavy (non-hydrogen) atoms. The van der Waals surface area contributed by atoms with Crippen LogP contribution in [0.2, 0.25) is 0 Å². The zero-order valence-corrected chi connectivity index (χ0v) is 7.07. The lowest BCUT2D eigenvalue weighted by molar-refractivity contribution is -0.106. The van der Waals surface area contributed by atoms with Crippen LogP contribution >= 0.6 is 15.9 Å². The Bertz CT molecular complexity index is 226. The van der Waals surface area contributed by atoms with Gasteiger partial charge >= 0.3 is 0 Å². The Morgan fingerprint density at radius 1 is 1.56 bits per heavy atom. The van der Waals surface area contributed by atoms with Crippen molar-refractivity contribution in [3.05, 3.63) is 11.5 Å². The predicted molar refractivity (Wildman–Crippen MR) is 37.9 cm³/mol. The molecule has 0 aromatic rings. The number of hydrogen-bond acceptors (Lipinski definition) is 3. The van der Waals surface area contributed by atoms with Crippen LogP contribution < -0.4 is 0 Å². The average molecular weight is 213 g/mol. The summed E-state index contributed by atoms with van der Waals surface area (Å²) in [5.41, 5.74) is 0. The molecule has 0 atom stereocenters. The van der Waals surface area contributed by atoms with E-state index in [0.29, 0.717) is 0 Å². The monoisotopic (exact) mass is 212 g/mol. The fourth-order valence-corrected chi connectivity index (χ4v) is 0.855. The first-order valence-corrected chi connectivity index (χ1v) is 4.74. The maximum Gasteiger partial charge on any atom is 0.221 e. The van der Waals surface area contributed by atoms with E-state index < -0.39 is 14.5 Å². The molecule has 0 aliphatic carbocycles. The topological polar surface area (TPSA) is 51.2 Å². The molecule has 0 fully saturated rings. The molecule has 0 saturated heterocycles. The summed E-state index contributed by atoms with van der Waals surface area (Å²) in [7, 11) is -3.15. The molecule has 0 amide bonds. The van der Waals surface area contributed by atoms with Crippen LogP contribution in [-0.2, 0) is 14.6 Å². The molecule has 52 valence electrons. The third kappa shape index (κ3) is 7.84. The molecular weight excluding hydrogens is 208 g/mol. The normalized spacial score (nSPS) is 12.2. The molecule has 0 aromatic heterocycles. The summed E-state index contributed by atoms with van der Waals surface area (Å²) in [5.74, 6) is 0. The second-order valence-corrected chi connectivity index (χ2v) is 4.15. The van der Waals surface area contributed by atoms with E-state index in [1.807, 2.05) is 0 Å². The lowest BCUT2D eigenvalue weighted by Crippen LogP contribution is -1.89. The standard InChI is InChI=1S/C4H5BrO3S/c1-9(7,8)3-2-4(5)6/h2-3H,1H3. The van der Waals surface area contributed by atoms with E-state index in [2.05, 4.69) is 15.9 Å². The highest BCUT2D eigenvalue weighted by molar-refractivity contribution is 9.18. The lowest BCUT2D eigenvalue weighted by atomic mass is 10.7. The van der Waals surface area contributed by atoms with Gasteiger partial charge in [-0.1, -0.05) is 0 Å². The minimum atomic E-state index is -3.15. The van der Waals surface area contributed by atoms with Crippen molar-refractivity contribution in [1.82, 2.24) is 0 Å². The van der Waals surface area contributed by atoms with Gasteiger partial charge in [0.15, 0.2) is 9.84 Å². The quantitative estimate of drug-likeness (QED) is 0.494. The first-order chi connectivity index (χ1) is 3.92. The second kappa shape index (κ2) is 3.12. The van der Waals surface area contributed by atoms with Crippen LogP contribution in [0.1, 0.15) is 0 Å². The second-order valence-electron chi connectivity index (χ2n) is 1.44. The molecule has 0 bridgehead atoms. The van der Waals surface area contributed by atoms with Gasteiger partial charge < -0.3 is 0 Å². The van der Waals surface area contributed by atoms with Crippen molar-refractivity contribution in [2.75, 3.05) is 6.26 Å². The van der Waals surface area contributed by atoms with Crippen molar-refractivity contribution < 1.29 is 13.2 Å². The van der Waals surface area contributed by atoms with Crippen LogP contribution in [0.15, 0.2) is 11.5 Å². The zero-order valence-electron chi connectivity index (χ0n) is 4.67. The Balaban J connectivity index is 4.21. The number of halogens is 1. The Hall–Kier alpha value is -0.160. The van der Waals surface area contributed by atoms with Crippen LogP contribution in [-0.4, -0.2) is 19.4 Å². The molecule has 5 heteroatoms. The molecule has 0 aliphatic rings. The molecule has 3 nitrogen and oxygen atoms in total. The predicted octanol–water partition coefficient (Wildman–Crippen LogP) is 0.466. The molecule has 0 aromatic carbocycles. The van der Waals surface area contributed by atoms with E-state index in [-0.39, 0.29) is 0 Å². The van der Waals surface area contributed by atoms with Crippen LogP contribution in [0.5, 0.6) is 0 Å². The molecule has 0 N–H and O–H groups in total. The Kier molecular flexibility index (Phi) is 3.07. The highest BCUT2D eigenvalue weighted by atomic mass is 79.9. The van der Waals surface area contributed by atoms with Gasteiger partial charge in [0.25, 0.3) is 0 Å². The van der Waals surface area contributed by atoms with Crippen LogP contribution in [0.25, 0.3) is 0 Å². The van der Waals surface area contributed by atoms with Gasteiger partial charge in [0, 0.05) is 17.7 Å². The average Bonchev–Trinajstić information content (AvgIpc) is 1.59. The van der Waals surface area contributed by atoms with Gasteiger partial charge in [-0.2, -0.15) is 0 Å². The molecule has 0 rings (SSSR count). The SMILES string of the molecule is CS(=O)(=O)C=CC(=O)Br. The molecule has 0 unspecified atom stereocenters. The van der Waals surface area contributed by atoms with E-state index in [9.17, 15) is 13.2 Å². The van der Waals surface area contributed by atoms with Crippen LogP contribution in [0.4, 0.5) is 0 Å². The fraction of sp³-hybridized carbons (Fsp3) is 0.250. The molecule has 0 heterocycles. The zero-order chi connectivity index (χ0) is 7.49. The number of rotatable bonds is 2. The van der Waals surface area contributed by atoms with Gasteiger partial charge in [0.1, 0.15) is 0 Å². The highest BCUT2D eigenvalue weighted by Gasteiger charge is 1.93. The number of hydrogen-bond donors (Lipinski definition) is 0. The summed E-state index contributed by atoms with van der Waals surface area (Å²) in [6, 6.07) is 0. The van der Waals surface area contributed by atoms with Crippen molar-refractivity contribution in [1.29, 1.82) is 0 Å². The number of sulfone groups is 1. The fourth-order valence-electron chi connectivity index (χ4n) is 0.177. The Morgan fingerprint density at radius 3 is 2.11 bits per heavy atom. The van der Waals surface area contributed by atoms with Gasteiger partial charge in [-0.25, -0.2) is 8.42 Å². The van der Waals surface area contributed by atoms with Gasteiger partial charge in [-0.15, -0.1) is 0 Å². The summed E-state index contributed by atoms with van der Waals surface area (Å²) in [6.45, 7) is 0. The molecule has 0 aliphatic heterocycles. The van der Waals surface area contributed by atoms with E-state index >= 15 is 0 Å². The van der Waals surface area contributed by atoms with Crippen molar-refractivity contribution in [3.8, 4) is 0 Å². The maximum atomic E-state index is 10.3. The summed E-state index contributed by atoms with van der Waals surface area (Å²) < 4.78 is 20.1. The minimum absolute atomic E-state index is 0.451. The van der Waals surface area contributed by atoms with Gasteiger partial charge in [0.05, 0.1) is 0 Å². The highest BCUT2D eigenvalue weighted by Crippen LogP contribution is 1.90. The number of carbonyl (C=O) groups is 1. The largest absolute Gasteiger partial charge is 0.282 e. The number of allylic oxidation sites excluding steroid dienone is 1. The summed E-state index contributed by atoms with van der Waals surface area (Å²) in [4.78, 5) is 10.1. The third-order valence-electron chi connectivity index (χ3n) is 0.446. The van der Waals surface area contributed by atoms with E-state index in [0.717, 1.165) is 17.7 Å². The Morgan fingerprint density at radius 2 is 2.00 bits per heavy atom. The summed E-state index contributed by atoms with van der Waals surface area (Å²) >= 11 is 2.54. The first kappa shape index (κ1) is 8.84. The maximum absolute atomic E-state index is 10.3. The molecular formula is C4H5BrO3S. The van der Waals surface area contributed by atoms with Gasteiger partial charge in [-0.3, -0.25) is 4.79 Å². The van der Waals surface area contributed by atoms with E-state index in [4.69, 9.17) is 0 Å². The van der Waals surface area contributed by atoms with Crippen molar-refractivity contribution in [3.63, 3.8) is 0 Å². The summed E-state index contributed by atoms with van der Waals surface area (Å²) in [6.07, 6.45) is 1.95. The minimum Gasteiger partial charge on any atom is -0.282 e.